The number of benzene rings is 1. The average Bonchev–Trinajstić information content (AvgIpc) is 3.52. The van der Waals surface area contributed by atoms with Crippen LogP contribution in [0.25, 0.3) is 22.4 Å². The Bertz CT molecular complexity index is 1220. The van der Waals surface area contributed by atoms with Gasteiger partial charge >= 0.3 is 12.3 Å². The van der Waals surface area contributed by atoms with E-state index in [1.54, 1.807) is 12.1 Å². The molecular formula is C21H21F3N6O4. The fraction of sp³-hybridized carbons (Fsp3) is 0.429. The third kappa shape index (κ3) is 4.12. The number of ether oxygens (including phenoxy) is 1. The molecule has 2 saturated heterocycles. The van der Waals surface area contributed by atoms with Crippen LogP contribution >= 0.6 is 0 Å². The van der Waals surface area contributed by atoms with Gasteiger partial charge in [-0.2, -0.15) is 18.3 Å². The van der Waals surface area contributed by atoms with Gasteiger partial charge in [-0.25, -0.2) is 19.4 Å². The summed E-state index contributed by atoms with van der Waals surface area (Å²) in [6, 6.07) is 6.33. The molecule has 0 aliphatic carbocycles. The molecule has 2 N–H and O–H groups in total. The Balaban J connectivity index is 1.58. The van der Waals surface area contributed by atoms with Crippen molar-refractivity contribution in [1.29, 1.82) is 0 Å². The Hall–Kier alpha value is -3.45. The summed E-state index contributed by atoms with van der Waals surface area (Å²) in [6.45, 7) is -0.629. The lowest BCUT2D eigenvalue weighted by Crippen LogP contribution is -2.37. The summed E-state index contributed by atoms with van der Waals surface area (Å²) in [4.78, 5) is 23.5. The Morgan fingerprint density at radius 2 is 2.00 bits per heavy atom. The quantitative estimate of drug-likeness (QED) is 0.555. The van der Waals surface area contributed by atoms with E-state index < -0.39 is 18.8 Å². The molecule has 3 aromatic rings. The largest absolute Gasteiger partial charge is 0.465 e. The highest BCUT2D eigenvalue weighted by Gasteiger charge is 2.41. The predicted molar refractivity (Wildman–Crippen MR) is 115 cm³/mol. The van der Waals surface area contributed by atoms with E-state index in [0.29, 0.717) is 35.6 Å². The number of morpholine rings is 1. The number of aliphatic hydroxyl groups excluding tert-OH is 1. The van der Waals surface area contributed by atoms with Gasteiger partial charge in [-0.15, -0.1) is 0 Å². The fourth-order valence-electron chi connectivity index (χ4n) is 4.46. The zero-order valence-corrected chi connectivity index (χ0v) is 17.8. The second kappa shape index (κ2) is 8.40. The van der Waals surface area contributed by atoms with E-state index in [0.717, 1.165) is 16.0 Å². The van der Waals surface area contributed by atoms with Crippen LogP contribution in [0, 0.1) is 0 Å². The van der Waals surface area contributed by atoms with Crippen molar-refractivity contribution in [3.8, 4) is 11.4 Å². The van der Waals surface area contributed by atoms with Gasteiger partial charge in [0, 0.05) is 17.8 Å². The first-order valence-electron chi connectivity index (χ1n) is 10.6. The second-order valence-corrected chi connectivity index (χ2v) is 8.23. The predicted octanol–water partition coefficient (Wildman–Crippen LogP) is 2.51. The number of amides is 1. The molecule has 2 fully saturated rings. The molecule has 34 heavy (non-hydrogen) atoms. The number of anilines is 2. The first kappa shape index (κ1) is 22.3. The van der Waals surface area contributed by atoms with Crippen LogP contribution < -0.4 is 9.80 Å². The number of carbonyl (C=O) groups is 1. The van der Waals surface area contributed by atoms with E-state index >= 15 is 0 Å². The lowest BCUT2D eigenvalue weighted by atomic mass is 10.1. The van der Waals surface area contributed by atoms with E-state index in [-0.39, 0.29) is 36.8 Å². The van der Waals surface area contributed by atoms with Gasteiger partial charge in [0.1, 0.15) is 12.4 Å². The fourth-order valence-corrected chi connectivity index (χ4v) is 4.46. The molecule has 0 radical (unpaired) electrons. The topological polar surface area (TPSA) is 117 Å². The molecule has 2 bridgehead atoms. The maximum Gasteiger partial charge on any atom is 0.411 e. The number of carboxylic acid groups (broad SMARTS) is 1. The molecule has 0 spiro atoms. The van der Waals surface area contributed by atoms with Crippen molar-refractivity contribution in [1.82, 2.24) is 19.7 Å². The van der Waals surface area contributed by atoms with Crippen molar-refractivity contribution in [2.45, 2.75) is 31.3 Å². The zero-order valence-electron chi connectivity index (χ0n) is 17.8. The van der Waals surface area contributed by atoms with Crippen LogP contribution in [-0.2, 0) is 11.3 Å². The lowest BCUT2D eigenvalue weighted by Gasteiger charge is -2.28. The van der Waals surface area contributed by atoms with Crippen molar-refractivity contribution in [2.24, 2.45) is 0 Å². The third-order valence-corrected chi connectivity index (χ3v) is 5.97. The number of alkyl halides is 3. The minimum atomic E-state index is -4.47. The number of hydrogen-bond donors (Lipinski definition) is 2. The lowest BCUT2D eigenvalue weighted by molar-refractivity contribution is -0.141. The SMILES string of the molecule is O=C(O)N(CCO)c1ccc(-c2nc(N3C[C@H]4C[C@@H]3CO4)c3cnn(CC(F)(F)F)c3n2)cc1. The number of rotatable bonds is 6. The summed E-state index contributed by atoms with van der Waals surface area (Å²) in [5.74, 6) is 0.700. The normalized spacial score (nSPS) is 19.8. The highest BCUT2D eigenvalue weighted by molar-refractivity contribution is 5.90. The van der Waals surface area contributed by atoms with Crippen LogP contribution in [0.3, 0.4) is 0 Å². The van der Waals surface area contributed by atoms with Crippen molar-refractivity contribution < 1.29 is 32.9 Å². The Morgan fingerprint density at radius 3 is 2.59 bits per heavy atom. The zero-order chi connectivity index (χ0) is 24.0. The molecule has 13 heteroatoms. The van der Waals surface area contributed by atoms with Gasteiger partial charge in [0.05, 0.1) is 43.5 Å². The van der Waals surface area contributed by atoms with Gasteiger partial charge in [-0.1, -0.05) is 0 Å². The third-order valence-electron chi connectivity index (χ3n) is 5.97. The molecule has 2 aliphatic rings. The smallest absolute Gasteiger partial charge is 0.411 e. The molecule has 2 atom stereocenters. The molecular weight excluding hydrogens is 457 g/mol. The van der Waals surface area contributed by atoms with Crippen LogP contribution in [-0.4, -0.2) is 80.7 Å². The van der Waals surface area contributed by atoms with E-state index in [4.69, 9.17) is 9.84 Å². The Morgan fingerprint density at radius 1 is 1.24 bits per heavy atom. The summed E-state index contributed by atoms with van der Waals surface area (Å²) >= 11 is 0. The molecule has 5 rings (SSSR count). The van der Waals surface area contributed by atoms with Gasteiger partial charge in [-0.05, 0) is 30.7 Å². The summed E-state index contributed by atoms with van der Waals surface area (Å²) in [5, 5.41) is 22.8. The molecule has 2 aromatic heterocycles. The van der Waals surface area contributed by atoms with Crippen LogP contribution in [0.2, 0.25) is 0 Å². The molecule has 180 valence electrons. The number of hydrogen-bond acceptors (Lipinski definition) is 7. The maximum absolute atomic E-state index is 13.1. The minimum Gasteiger partial charge on any atom is -0.465 e. The summed E-state index contributed by atoms with van der Waals surface area (Å²) in [6.07, 6.45) is -3.46. The summed E-state index contributed by atoms with van der Waals surface area (Å²) in [5.41, 5.74) is 0.904. The van der Waals surface area contributed by atoms with Crippen LogP contribution in [0.4, 0.5) is 29.5 Å². The highest BCUT2D eigenvalue weighted by atomic mass is 19.4. The molecule has 0 unspecified atom stereocenters. The van der Waals surface area contributed by atoms with E-state index in [1.165, 1.54) is 18.3 Å². The molecule has 0 saturated carbocycles. The molecule has 4 heterocycles. The number of nitrogens with zero attached hydrogens (tertiary/aromatic N) is 6. The number of fused-ring (bicyclic) bond motifs is 3. The monoisotopic (exact) mass is 478 g/mol. The van der Waals surface area contributed by atoms with Crippen LogP contribution in [0.1, 0.15) is 6.42 Å². The van der Waals surface area contributed by atoms with E-state index in [9.17, 15) is 23.1 Å². The average molecular weight is 478 g/mol. The van der Waals surface area contributed by atoms with Crippen molar-refractivity contribution in [2.75, 3.05) is 36.1 Å². The molecule has 1 aromatic carbocycles. The van der Waals surface area contributed by atoms with Gasteiger partial charge in [-0.3, -0.25) is 4.90 Å². The first-order valence-corrected chi connectivity index (χ1v) is 10.6. The van der Waals surface area contributed by atoms with Gasteiger partial charge in [0.15, 0.2) is 11.5 Å². The highest BCUT2D eigenvalue weighted by Crippen LogP contribution is 2.36. The van der Waals surface area contributed by atoms with E-state index in [2.05, 4.69) is 15.1 Å². The van der Waals surface area contributed by atoms with Gasteiger partial charge in [0.25, 0.3) is 0 Å². The summed E-state index contributed by atoms with van der Waals surface area (Å²) in [7, 11) is 0. The standard InChI is InChI=1S/C21H21F3N6O4/c22-21(23,24)11-30-19-16(8-25-30)18(29-9-15-7-14(29)10-34-15)26-17(27-19)12-1-3-13(4-2-12)28(5-6-31)20(32)33/h1-4,8,14-15,31H,5-7,9-11H2,(H,32,33)/t14-,15-/m1/s1. The minimum absolute atomic E-state index is 0.0523. The van der Waals surface area contributed by atoms with Crippen LogP contribution in [0.5, 0.6) is 0 Å². The van der Waals surface area contributed by atoms with Crippen molar-refractivity contribution >= 4 is 28.6 Å². The van der Waals surface area contributed by atoms with Gasteiger partial charge in [0.2, 0.25) is 0 Å². The molecule has 2 aliphatic heterocycles. The van der Waals surface area contributed by atoms with E-state index in [1.807, 2.05) is 4.90 Å². The molecule has 1 amide bonds. The maximum atomic E-state index is 13.1. The number of aromatic nitrogens is 4. The van der Waals surface area contributed by atoms with Gasteiger partial charge < -0.3 is 19.8 Å². The Kier molecular flexibility index (Phi) is 5.52. The Labute approximate surface area is 191 Å². The second-order valence-electron chi connectivity index (χ2n) is 8.23. The summed E-state index contributed by atoms with van der Waals surface area (Å²) < 4.78 is 45.9. The van der Waals surface area contributed by atoms with Crippen molar-refractivity contribution in [3.63, 3.8) is 0 Å². The number of halogens is 3. The van der Waals surface area contributed by atoms with Crippen molar-refractivity contribution in [3.05, 3.63) is 30.5 Å². The number of aliphatic hydroxyl groups is 1. The van der Waals surface area contributed by atoms with Crippen LogP contribution in [0.15, 0.2) is 30.5 Å². The first-order chi connectivity index (χ1) is 16.2. The molecule has 10 nitrogen and oxygen atoms in total.